The summed E-state index contributed by atoms with van der Waals surface area (Å²) in [5.74, 6) is 0.196. The molecule has 1 heterocycles. The summed E-state index contributed by atoms with van der Waals surface area (Å²) in [5.41, 5.74) is 0.961. The largest absolute Gasteiger partial charge is 0.419 e. The Morgan fingerprint density at radius 1 is 1.09 bits per heavy atom. The van der Waals surface area contributed by atoms with Gasteiger partial charge in [0.1, 0.15) is 5.82 Å². The highest BCUT2D eigenvalue weighted by molar-refractivity contribution is 6.33. The maximum Gasteiger partial charge on any atom is 0.249 e. The maximum atomic E-state index is 13.6. The predicted molar refractivity (Wildman–Crippen MR) is 83.5 cm³/mol. The first-order valence-corrected chi connectivity index (χ1v) is 7.15. The van der Waals surface area contributed by atoms with Crippen LogP contribution in [0.15, 0.2) is 46.9 Å². The number of halogens is 3. The van der Waals surface area contributed by atoms with Crippen molar-refractivity contribution in [1.29, 1.82) is 0 Å². The zero-order chi connectivity index (χ0) is 15.5. The molecule has 1 aromatic heterocycles. The molecule has 3 rings (SSSR count). The van der Waals surface area contributed by atoms with Gasteiger partial charge in [-0.15, -0.1) is 10.2 Å². The van der Waals surface area contributed by atoms with Crippen molar-refractivity contribution in [2.45, 2.75) is 6.54 Å². The van der Waals surface area contributed by atoms with Gasteiger partial charge in [-0.2, -0.15) is 0 Å². The molecule has 4 nitrogen and oxygen atoms in total. The van der Waals surface area contributed by atoms with Crippen LogP contribution in [0.2, 0.25) is 10.0 Å². The molecule has 0 saturated carbocycles. The molecule has 3 aromatic rings. The summed E-state index contributed by atoms with van der Waals surface area (Å²) in [5, 5.41) is 11.6. The first-order valence-electron chi connectivity index (χ1n) is 6.39. The second-order valence-electron chi connectivity index (χ2n) is 4.46. The molecule has 22 heavy (non-hydrogen) atoms. The van der Waals surface area contributed by atoms with E-state index in [-0.39, 0.29) is 6.54 Å². The monoisotopic (exact) mass is 337 g/mol. The lowest BCUT2D eigenvalue weighted by molar-refractivity contribution is 0.514. The maximum absolute atomic E-state index is 13.6. The summed E-state index contributed by atoms with van der Waals surface area (Å²) in [6, 6.07) is 11.5. The van der Waals surface area contributed by atoms with Gasteiger partial charge >= 0.3 is 0 Å². The lowest BCUT2D eigenvalue weighted by atomic mass is 10.2. The first-order chi connectivity index (χ1) is 10.6. The van der Waals surface area contributed by atoms with E-state index in [0.717, 1.165) is 0 Å². The highest BCUT2D eigenvalue weighted by Crippen LogP contribution is 2.26. The van der Waals surface area contributed by atoms with E-state index in [0.29, 0.717) is 33.1 Å². The molecule has 0 radical (unpaired) electrons. The van der Waals surface area contributed by atoms with Crippen LogP contribution in [0.1, 0.15) is 5.89 Å². The molecular formula is C15H10Cl2FN3O. The van der Waals surface area contributed by atoms with Crippen LogP contribution in [0.4, 0.5) is 10.1 Å². The Balaban J connectivity index is 1.74. The van der Waals surface area contributed by atoms with Crippen LogP contribution in [0.3, 0.4) is 0 Å². The lowest BCUT2D eigenvalue weighted by Crippen LogP contribution is -2.01. The fraction of sp³-hybridized carbons (Fsp3) is 0.0667. The normalized spacial score (nSPS) is 10.7. The molecule has 0 aliphatic rings. The fourth-order valence-corrected chi connectivity index (χ4v) is 2.25. The van der Waals surface area contributed by atoms with Crippen LogP contribution in [0.5, 0.6) is 0 Å². The average Bonchev–Trinajstić information content (AvgIpc) is 2.95. The minimum absolute atomic E-state index is 0.190. The predicted octanol–water partition coefficient (Wildman–Crippen LogP) is 4.79. The van der Waals surface area contributed by atoms with E-state index in [1.807, 2.05) is 12.1 Å². The standard InChI is InChI=1S/C15H10Cl2FN3O/c16-9-5-6-13(12(18)7-9)19-8-14-20-21-15(22-14)10-3-1-2-4-11(10)17/h1-7,19H,8H2. The molecule has 2 aromatic carbocycles. The van der Waals surface area contributed by atoms with E-state index < -0.39 is 5.82 Å². The van der Waals surface area contributed by atoms with Gasteiger partial charge in [-0.3, -0.25) is 0 Å². The number of benzene rings is 2. The van der Waals surface area contributed by atoms with E-state index in [2.05, 4.69) is 15.5 Å². The summed E-state index contributed by atoms with van der Waals surface area (Å²) in [7, 11) is 0. The van der Waals surface area contributed by atoms with Crippen molar-refractivity contribution >= 4 is 28.9 Å². The van der Waals surface area contributed by atoms with Crippen molar-refractivity contribution < 1.29 is 8.81 Å². The van der Waals surface area contributed by atoms with E-state index >= 15 is 0 Å². The molecule has 7 heteroatoms. The molecule has 0 saturated heterocycles. The van der Waals surface area contributed by atoms with Gasteiger partial charge in [-0.05, 0) is 30.3 Å². The third-order valence-electron chi connectivity index (χ3n) is 2.93. The average molecular weight is 338 g/mol. The Bertz CT molecular complexity index is 807. The van der Waals surface area contributed by atoms with Gasteiger partial charge in [-0.1, -0.05) is 35.3 Å². The molecule has 0 fully saturated rings. The second kappa shape index (κ2) is 6.34. The number of nitrogens with zero attached hydrogens (tertiary/aromatic N) is 2. The van der Waals surface area contributed by atoms with Crippen LogP contribution in [0, 0.1) is 5.82 Å². The topological polar surface area (TPSA) is 51.0 Å². The molecule has 0 aliphatic carbocycles. The number of rotatable bonds is 4. The van der Waals surface area contributed by atoms with Crippen molar-refractivity contribution in [2.75, 3.05) is 5.32 Å². The Labute approximate surface area is 135 Å². The Morgan fingerprint density at radius 3 is 2.68 bits per heavy atom. The molecule has 0 spiro atoms. The number of anilines is 1. The smallest absolute Gasteiger partial charge is 0.249 e. The Morgan fingerprint density at radius 2 is 1.91 bits per heavy atom. The second-order valence-corrected chi connectivity index (χ2v) is 5.30. The molecular weight excluding hydrogens is 328 g/mol. The quantitative estimate of drug-likeness (QED) is 0.743. The SMILES string of the molecule is Fc1cc(Cl)ccc1NCc1nnc(-c2ccccc2Cl)o1. The summed E-state index contributed by atoms with van der Waals surface area (Å²) < 4.78 is 19.2. The number of hydrogen-bond acceptors (Lipinski definition) is 4. The third-order valence-corrected chi connectivity index (χ3v) is 3.50. The van der Waals surface area contributed by atoms with Crippen molar-refractivity contribution in [3.63, 3.8) is 0 Å². The molecule has 0 bridgehead atoms. The lowest BCUT2D eigenvalue weighted by Gasteiger charge is -2.04. The van der Waals surface area contributed by atoms with Crippen molar-refractivity contribution in [3.8, 4) is 11.5 Å². The number of aromatic nitrogens is 2. The van der Waals surface area contributed by atoms with Crippen molar-refractivity contribution in [2.24, 2.45) is 0 Å². The molecule has 1 N–H and O–H groups in total. The van der Waals surface area contributed by atoms with Gasteiger partial charge in [0.25, 0.3) is 0 Å². The molecule has 0 aliphatic heterocycles. The van der Waals surface area contributed by atoms with Crippen LogP contribution in [0.25, 0.3) is 11.5 Å². The number of nitrogens with one attached hydrogen (secondary N) is 1. The van der Waals surface area contributed by atoms with Crippen LogP contribution in [-0.4, -0.2) is 10.2 Å². The van der Waals surface area contributed by atoms with Crippen LogP contribution < -0.4 is 5.32 Å². The minimum atomic E-state index is -0.446. The molecule has 0 unspecified atom stereocenters. The van der Waals surface area contributed by atoms with Crippen LogP contribution >= 0.6 is 23.2 Å². The fourth-order valence-electron chi connectivity index (χ4n) is 1.87. The summed E-state index contributed by atoms with van der Waals surface area (Å²) in [6.07, 6.45) is 0. The van der Waals surface area contributed by atoms with Gasteiger partial charge in [0, 0.05) is 5.02 Å². The first kappa shape index (κ1) is 14.8. The van der Waals surface area contributed by atoms with E-state index in [4.69, 9.17) is 27.6 Å². The van der Waals surface area contributed by atoms with Gasteiger partial charge in [0.2, 0.25) is 11.8 Å². The van der Waals surface area contributed by atoms with Gasteiger partial charge in [-0.25, -0.2) is 4.39 Å². The van der Waals surface area contributed by atoms with E-state index in [1.54, 1.807) is 24.3 Å². The van der Waals surface area contributed by atoms with Crippen LogP contribution in [-0.2, 0) is 6.54 Å². The Hall–Kier alpha value is -2.11. The minimum Gasteiger partial charge on any atom is -0.419 e. The highest BCUT2D eigenvalue weighted by atomic mass is 35.5. The molecule has 112 valence electrons. The molecule has 0 atom stereocenters. The van der Waals surface area contributed by atoms with Gasteiger partial charge in [0.15, 0.2) is 0 Å². The summed E-state index contributed by atoms with van der Waals surface area (Å²) in [6.45, 7) is 0.190. The van der Waals surface area contributed by atoms with Gasteiger partial charge in [0.05, 0.1) is 22.8 Å². The van der Waals surface area contributed by atoms with Gasteiger partial charge < -0.3 is 9.73 Å². The van der Waals surface area contributed by atoms with Crippen molar-refractivity contribution in [1.82, 2.24) is 10.2 Å². The van der Waals surface area contributed by atoms with E-state index in [9.17, 15) is 4.39 Å². The Kier molecular flexibility index (Phi) is 4.27. The van der Waals surface area contributed by atoms with Crippen molar-refractivity contribution in [3.05, 3.63) is 64.2 Å². The summed E-state index contributed by atoms with van der Waals surface area (Å²) >= 11 is 11.8. The molecule has 0 amide bonds. The number of hydrogen-bond donors (Lipinski definition) is 1. The third kappa shape index (κ3) is 3.21. The zero-order valence-corrected chi connectivity index (χ0v) is 12.7. The highest BCUT2D eigenvalue weighted by Gasteiger charge is 2.12. The van der Waals surface area contributed by atoms with E-state index in [1.165, 1.54) is 6.07 Å². The zero-order valence-electron chi connectivity index (χ0n) is 11.2. The summed E-state index contributed by atoms with van der Waals surface area (Å²) in [4.78, 5) is 0.